The molecule has 0 atom stereocenters. The summed E-state index contributed by atoms with van der Waals surface area (Å²) in [5.41, 5.74) is 3.05. The molecule has 0 bridgehead atoms. The third-order valence-corrected chi connectivity index (χ3v) is 2.19. The number of hydrogen-bond donors (Lipinski definition) is 1. The molecule has 1 aromatic carbocycles. The number of hydrogen-bond acceptors (Lipinski definition) is 2. The summed E-state index contributed by atoms with van der Waals surface area (Å²) in [6, 6.07) is 5.59. The lowest BCUT2D eigenvalue weighted by Gasteiger charge is -1.97. The lowest BCUT2D eigenvalue weighted by Crippen LogP contribution is -1.78. The van der Waals surface area contributed by atoms with Gasteiger partial charge in [0.1, 0.15) is 5.58 Å². The van der Waals surface area contributed by atoms with Crippen molar-refractivity contribution in [3.8, 4) is 5.95 Å². The summed E-state index contributed by atoms with van der Waals surface area (Å²) in [7, 11) is 0. The molecule has 0 aliphatic rings. The zero-order valence-electron chi connectivity index (χ0n) is 7.09. The Balaban J connectivity index is 2.89. The van der Waals surface area contributed by atoms with Crippen LogP contribution in [-0.2, 0) is 0 Å². The third-order valence-electron chi connectivity index (χ3n) is 2.19. The Labute approximate surface area is 70.4 Å². The molecule has 2 nitrogen and oxygen atoms in total. The van der Waals surface area contributed by atoms with Crippen LogP contribution in [-0.4, -0.2) is 5.11 Å². The fourth-order valence-corrected chi connectivity index (χ4v) is 1.33. The van der Waals surface area contributed by atoms with Gasteiger partial charge in [0, 0.05) is 11.5 Å². The highest BCUT2D eigenvalue weighted by Crippen LogP contribution is 2.27. The van der Waals surface area contributed by atoms with Crippen molar-refractivity contribution in [2.24, 2.45) is 0 Å². The molecule has 0 aliphatic carbocycles. The van der Waals surface area contributed by atoms with Crippen molar-refractivity contribution in [2.45, 2.75) is 13.8 Å². The molecule has 0 amide bonds. The summed E-state index contributed by atoms with van der Waals surface area (Å²) in [6.45, 7) is 4.01. The molecular formula is C10H10O2. The molecule has 0 unspecified atom stereocenters. The van der Waals surface area contributed by atoms with Crippen molar-refractivity contribution in [2.75, 3.05) is 0 Å². The maximum absolute atomic E-state index is 9.10. The van der Waals surface area contributed by atoms with Gasteiger partial charge in [-0.25, -0.2) is 0 Å². The second kappa shape index (κ2) is 2.27. The maximum Gasteiger partial charge on any atom is 0.282 e. The van der Waals surface area contributed by atoms with Crippen molar-refractivity contribution < 1.29 is 9.52 Å². The van der Waals surface area contributed by atoms with E-state index in [-0.39, 0.29) is 5.95 Å². The summed E-state index contributed by atoms with van der Waals surface area (Å²) in [6.07, 6.45) is 0. The van der Waals surface area contributed by atoms with Crippen LogP contribution in [0.15, 0.2) is 22.6 Å². The second-order valence-electron chi connectivity index (χ2n) is 3.01. The highest BCUT2D eigenvalue weighted by atomic mass is 16.5. The summed E-state index contributed by atoms with van der Waals surface area (Å²) >= 11 is 0. The number of benzene rings is 1. The lowest BCUT2D eigenvalue weighted by atomic mass is 10.1. The molecule has 1 N–H and O–H groups in total. The average molecular weight is 162 g/mol. The quantitative estimate of drug-likeness (QED) is 0.646. The van der Waals surface area contributed by atoms with E-state index >= 15 is 0 Å². The molecular weight excluding hydrogens is 152 g/mol. The predicted molar refractivity (Wildman–Crippen MR) is 47.4 cm³/mol. The zero-order chi connectivity index (χ0) is 8.72. The maximum atomic E-state index is 9.10. The number of fused-ring (bicyclic) bond motifs is 1. The number of rotatable bonds is 0. The second-order valence-corrected chi connectivity index (χ2v) is 3.01. The lowest BCUT2D eigenvalue weighted by molar-refractivity contribution is 0.346. The first kappa shape index (κ1) is 7.22. The van der Waals surface area contributed by atoms with E-state index in [0.717, 1.165) is 16.5 Å². The van der Waals surface area contributed by atoms with Gasteiger partial charge in [-0.1, -0.05) is 12.1 Å². The van der Waals surface area contributed by atoms with Gasteiger partial charge in [-0.05, 0) is 25.0 Å². The Morgan fingerprint density at radius 2 is 2.00 bits per heavy atom. The standard InChI is InChI=1S/C10H10O2/c1-6-3-4-8-5-9(11)12-10(8)7(6)2/h3-5,11H,1-2H3. The highest BCUT2D eigenvalue weighted by Gasteiger charge is 2.05. The molecule has 2 aromatic rings. The summed E-state index contributed by atoms with van der Waals surface area (Å²) in [4.78, 5) is 0. The van der Waals surface area contributed by atoms with Crippen LogP contribution in [0.2, 0.25) is 0 Å². The van der Waals surface area contributed by atoms with Gasteiger partial charge in [-0.2, -0.15) is 0 Å². The van der Waals surface area contributed by atoms with Crippen LogP contribution in [0.3, 0.4) is 0 Å². The van der Waals surface area contributed by atoms with Gasteiger partial charge in [0.2, 0.25) is 0 Å². The highest BCUT2D eigenvalue weighted by molar-refractivity contribution is 5.82. The van der Waals surface area contributed by atoms with Crippen LogP contribution in [0.1, 0.15) is 11.1 Å². The Morgan fingerprint density at radius 3 is 2.75 bits per heavy atom. The van der Waals surface area contributed by atoms with Gasteiger partial charge < -0.3 is 9.52 Å². The Kier molecular flexibility index (Phi) is 1.37. The van der Waals surface area contributed by atoms with Crippen molar-refractivity contribution >= 4 is 11.0 Å². The van der Waals surface area contributed by atoms with Crippen LogP contribution in [0.5, 0.6) is 5.95 Å². The number of furan rings is 1. The van der Waals surface area contributed by atoms with E-state index in [0.29, 0.717) is 0 Å². The van der Waals surface area contributed by atoms with Crippen LogP contribution in [0.4, 0.5) is 0 Å². The van der Waals surface area contributed by atoms with Gasteiger partial charge in [0.15, 0.2) is 0 Å². The van der Waals surface area contributed by atoms with E-state index in [2.05, 4.69) is 0 Å². The van der Waals surface area contributed by atoms with E-state index in [1.165, 1.54) is 5.56 Å². The largest absolute Gasteiger partial charge is 0.481 e. The normalized spacial score (nSPS) is 10.8. The summed E-state index contributed by atoms with van der Waals surface area (Å²) in [5, 5.41) is 10.1. The fourth-order valence-electron chi connectivity index (χ4n) is 1.33. The van der Waals surface area contributed by atoms with Crippen LogP contribution < -0.4 is 0 Å². The molecule has 0 radical (unpaired) electrons. The van der Waals surface area contributed by atoms with Crippen LogP contribution in [0.25, 0.3) is 11.0 Å². The van der Waals surface area contributed by atoms with Gasteiger partial charge in [-0.15, -0.1) is 0 Å². The summed E-state index contributed by atoms with van der Waals surface area (Å²) in [5.74, 6) is -0.0151. The third kappa shape index (κ3) is 0.881. The molecule has 0 fully saturated rings. The first-order valence-electron chi connectivity index (χ1n) is 3.87. The van der Waals surface area contributed by atoms with Gasteiger partial charge in [0.25, 0.3) is 5.95 Å². The monoisotopic (exact) mass is 162 g/mol. The molecule has 2 heteroatoms. The van der Waals surface area contributed by atoms with Crippen molar-refractivity contribution in [1.29, 1.82) is 0 Å². The zero-order valence-corrected chi connectivity index (χ0v) is 7.09. The molecule has 0 saturated carbocycles. The molecule has 62 valence electrons. The first-order chi connectivity index (χ1) is 5.68. The molecule has 2 rings (SSSR count). The molecule has 1 aromatic heterocycles. The Morgan fingerprint density at radius 1 is 1.25 bits per heavy atom. The fraction of sp³-hybridized carbons (Fsp3) is 0.200. The van der Waals surface area contributed by atoms with Gasteiger partial charge in [0.05, 0.1) is 0 Å². The minimum atomic E-state index is -0.0151. The Hall–Kier alpha value is -1.44. The topological polar surface area (TPSA) is 33.4 Å². The Bertz CT molecular complexity index is 427. The number of aryl methyl sites for hydroxylation is 2. The van der Waals surface area contributed by atoms with Crippen molar-refractivity contribution in [3.63, 3.8) is 0 Å². The van der Waals surface area contributed by atoms with Crippen LogP contribution >= 0.6 is 0 Å². The minimum Gasteiger partial charge on any atom is -0.481 e. The minimum absolute atomic E-state index is 0.0151. The summed E-state index contributed by atoms with van der Waals surface area (Å²) < 4.78 is 5.14. The smallest absolute Gasteiger partial charge is 0.282 e. The SMILES string of the molecule is Cc1ccc2cc(O)oc2c1C. The predicted octanol–water partition coefficient (Wildman–Crippen LogP) is 2.76. The molecule has 0 saturated heterocycles. The van der Waals surface area contributed by atoms with Gasteiger partial charge in [-0.3, -0.25) is 0 Å². The van der Waals surface area contributed by atoms with E-state index in [9.17, 15) is 0 Å². The van der Waals surface area contributed by atoms with Gasteiger partial charge >= 0.3 is 0 Å². The van der Waals surface area contributed by atoms with Crippen molar-refractivity contribution in [3.05, 3.63) is 29.3 Å². The van der Waals surface area contributed by atoms with Crippen molar-refractivity contribution in [1.82, 2.24) is 0 Å². The van der Waals surface area contributed by atoms with E-state index in [4.69, 9.17) is 9.52 Å². The molecule has 12 heavy (non-hydrogen) atoms. The molecule has 0 spiro atoms. The molecule has 0 aliphatic heterocycles. The van der Waals surface area contributed by atoms with E-state index < -0.39 is 0 Å². The first-order valence-corrected chi connectivity index (χ1v) is 3.87. The number of aromatic hydroxyl groups is 1. The van der Waals surface area contributed by atoms with Crippen LogP contribution in [0, 0.1) is 13.8 Å². The van der Waals surface area contributed by atoms with E-state index in [1.54, 1.807) is 6.07 Å². The molecule has 1 heterocycles. The van der Waals surface area contributed by atoms with E-state index in [1.807, 2.05) is 26.0 Å². The average Bonchev–Trinajstić information content (AvgIpc) is 2.39.